The molecule has 0 radical (unpaired) electrons. The summed E-state index contributed by atoms with van der Waals surface area (Å²) in [6.07, 6.45) is -1.59. The van der Waals surface area contributed by atoms with Crippen molar-refractivity contribution >= 4 is 91.2 Å². The maximum absolute atomic E-state index is 13.2. The number of amides is 3. The summed E-state index contributed by atoms with van der Waals surface area (Å²) < 4.78 is 58.3. The SMILES string of the molecule is [2H]C([2H])(O)C(NC(=O)c1c(I)c(NC(=O)[C@@H](C)O)c(I)c(C(=O)NC(C([2H])([2H])O)C([2H])([2H])O)c1I)C([2H])([2H])O. The summed E-state index contributed by atoms with van der Waals surface area (Å²) in [7, 11) is 0. The molecule has 0 aliphatic heterocycles. The van der Waals surface area contributed by atoms with Crippen molar-refractivity contribution in [3.8, 4) is 0 Å². The van der Waals surface area contributed by atoms with Gasteiger partial charge in [-0.15, -0.1) is 0 Å². The topological polar surface area (TPSA) is 188 Å². The Morgan fingerprint density at radius 2 is 1.19 bits per heavy atom. The Morgan fingerprint density at radius 3 is 1.48 bits per heavy atom. The number of carbonyl (C=O) groups excluding carboxylic acids is 3. The van der Waals surface area contributed by atoms with E-state index >= 15 is 0 Å². The van der Waals surface area contributed by atoms with Crippen LogP contribution in [0.1, 0.15) is 38.6 Å². The zero-order valence-corrected chi connectivity index (χ0v) is 21.8. The largest absolute Gasteiger partial charge is 0.394 e. The van der Waals surface area contributed by atoms with Crippen molar-refractivity contribution in [1.29, 1.82) is 0 Å². The molecule has 1 rings (SSSR count). The van der Waals surface area contributed by atoms with E-state index in [0.717, 1.165) is 6.92 Å². The first-order valence-electron chi connectivity index (χ1n) is 11.9. The molecule has 31 heavy (non-hydrogen) atoms. The van der Waals surface area contributed by atoms with Gasteiger partial charge in [-0.2, -0.15) is 0 Å². The second-order valence-corrected chi connectivity index (χ2v) is 8.80. The van der Waals surface area contributed by atoms with Crippen LogP contribution in [0.3, 0.4) is 0 Å². The second kappa shape index (κ2) is 13.4. The van der Waals surface area contributed by atoms with E-state index in [0.29, 0.717) is 0 Å². The third-order valence-corrected chi connectivity index (χ3v) is 6.70. The monoisotopic (exact) mass is 785 g/mol. The van der Waals surface area contributed by atoms with E-state index in [4.69, 9.17) is 11.0 Å². The van der Waals surface area contributed by atoms with E-state index in [1.807, 2.05) is 0 Å². The highest BCUT2D eigenvalue weighted by Gasteiger charge is 2.30. The second-order valence-electron chi connectivity index (χ2n) is 5.56. The molecule has 8 N–H and O–H groups in total. The molecule has 14 heteroatoms. The Balaban J connectivity index is 3.91. The number of hydrogen-bond donors (Lipinski definition) is 8. The maximum Gasteiger partial charge on any atom is 0.253 e. The lowest BCUT2D eigenvalue weighted by Crippen LogP contribution is -2.42. The molecule has 0 aliphatic rings. The predicted octanol–water partition coefficient (Wildman–Crippen LogP) is -1.01. The van der Waals surface area contributed by atoms with Gasteiger partial charge < -0.3 is 41.5 Å². The molecular weight excluding hydrogens is 755 g/mol. The van der Waals surface area contributed by atoms with Crippen molar-refractivity contribution in [2.45, 2.75) is 25.1 Å². The molecule has 0 spiro atoms. The van der Waals surface area contributed by atoms with E-state index < -0.39 is 73.3 Å². The van der Waals surface area contributed by atoms with Crippen molar-refractivity contribution in [2.24, 2.45) is 0 Å². The van der Waals surface area contributed by atoms with Crippen LogP contribution in [0.4, 0.5) is 5.69 Å². The lowest BCUT2D eigenvalue weighted by molar-refractivity contribution is -0.123. The number of rotatable bonds is 10. The van der Waals surface area contributed by atoms with Gasteiger partial charge in [0.15, 0.2) is 0 Å². The minimum absolute atomic E-state index is 0.147. The van der Waals surface area contributed by atoms with Crippen LogP contribution in [0, 0.1) is 10.7 Å². The molecule has 0 saturated carbocycles. The van der Waals surface area contributed by atoms with Crippen LogP contribution in [0.5, 0.6) is 0 Å². The van der Waals surface area contributed by atoms with E-state index in [-0.39, 0.29) is 16.4 Å². The summed E-state index contributed by atoms with van der Waals surface area (Å²) in [5.74, 6) is -3.75. The van der Waals surface area contributed by atoms with E-state index in [2.05, 4.69) is 5.32 Å². The van der Waals surface area contributed by atoms with Gasteiger partial charge in [-0.3, -0.25) is 14.4 Å². The first-order valence-corrected chi connectivity index (χ1v) is 11.2. The third kappa shape index (κ3) is 7.30. The highest BCUT2D eigenvalue weighted by molar-refractivity contribution is 14.1. The molecule has 0 saturated heterocycles. The summed E-state index contributed by atoms with van der Waals surface area (Å²) in [6, 6.07) is -5.13. The van der Waals surface area contributed by atoms with Gasteiger partial charge in [0.1, 0.15) is 6.10 Å². The van der Waals surface area contributed by atoms with Gasteiger partial charge in [0.25, 0.3) is 17.7 Å². The molecule has 0 bridgehead atoms. The standard InChI is InChI=1S/C17H22I3N3O8/c1-6(28)15(29)23-14-12(19)9(16(30)21-7(2-24)3-25)11(18)10(13(14)20)17(31)22-8(4-26)5-27/h6-8,24-28H,2-5H2,1H3,(H,21,30)(H,22,31)(H,23,29)/t6-/m1/s1/i2D2,3D2,4D2,5D2. The zero-order chi connectivity index (χ0) is 31.0. The van der Waals surface area contributed by atoms with Crippen molar-refractivity contribution in [1.82, 2.24) is 10.6 Å². The number of hydrogen-bond acceptors (Lipinski definition) is 8. The average Bonchev–Trinajstić information content (AvgIpc) is 2.69. The van der Waals surface area contributed by atoms with E-state index in [1.54, 1.807) is 10.6 Å². The molecule has 174 valence electrons. The van der Waals surface area contributed by atoms with Crippen LogP contribution < -0.4 is 16.0 Å². The van der Waals surface area contributed by atoms with Crippen LogP contribution in [0.15, 0.2) is 0 Å². The number of halogens is 3. The molecule has 11 nitrogen and oxygen atoms in total. The van der Waals surface area contributed by atoms with Crippen molar-refractivity contribution in [2.75, 3.05) is 31.6 Å². The lowest BCUT2D eigenvalue weighted by Gasteiger charge is -2.22. The summed E-state index contributed by atoms with van der Waals surface area (Å²) in [5.41, 5.74) is -1.38. The molecule has 0 aromatic heterocycles. The number of aliphatic hydroxyl groups is 5. The van der Waals surface area contributed by atoms with E-state index in [9.17, 15) is 39.9 Å². The van der Waals surface area contributed by atoms with E-state index in [1.165, 1.54) is 67.8 Å². The molecule has 1 atom stereocenters. The number of carbonyl (C=O) groups is 3. The minimum atomic E-state index is -3.50. The Morgan fingerprint density at radius 1 is 0.839 bits per heavy atom. The Labute approximate surface area is 230 Å². The lowest BCUT2D eigenvalue weighted by atomic mass is 10.1. The summed E-state index contributed by atoms with van der Waals surface area (Å²) in [6.45, 7) is -12.9. The fourth-order valence-electron chi connectivity index (χ4n) is 1.99. The molecule has 0 aliphatic carbocycles. The van der Waals surface area contributed by atoms with Gasteiger partial charge in [-0.25, -0.2) is 0 Å². The highest BCUT2D eigenvalue weighted by atomic mass is 127. The Hall–Kier alpha value is -0.380. The Bertz CT molecular complexity index is 1040. The highest BCUT2D eigenvalue weighted by Crippen LogP contribution is 2.36. The van der Waals surface area contributed by atoms with Crippen LogP contribution in [-0.4, -0.2) is 87.7 Å². The fourth-order valence-corrected chi connectivity index (χ4v) is 6.41. The van der Waals surface area contributed by atoms with Crippen LogP contribution in [0.2, 0.25) is 0 Å². The zero-order valence-electron chi connectivity index (χ0n) is 23.3. The van der Waals surface area contributed by atoms with Crippen LogP contribution in [0.25, 0.3) is 0 Å². The number of anilines is 1. The molecule has 0 heterocycles. The first-order chi connectivity index (χ1) is 17.2. The van der Waals surface area contributed by atoms with Gasteiger partial charge >= 0.3 is 0 Å². The smallest absolute Gasteiger partial charge is 0.253 e. The number of benzene rings is 1. The summed E-state index contributed by atoms with van der Waals surface area (Å²) >= 11 is 4.51. The molecule has 0 fully saturated rings. The summed E-state index contributed by atoms with van der Waals surface area (Å²) in [5, 5.41) is 54.1. The quantitative estimate of drug-likeness (QED) is 0.139. The fraction of sp³-hybridized carbons (Fsp3) is 0.471. The first kappa shape index (κ1) is 18.0. The van der Waals surface area contributed by atoms with Crippen LogP contribution in [-0.2, 0) is 4.79 Å². The Kier molecular flexibility index (Phi) is 7.76. The van der Waals surface area contributed by atoms with Crippen molar-refractivity contribution < 1.29 is 50.9 Å². The summed E-state index contributed by atoms with van der Waals surface area (Å²) in [4.78, 5) is 38.7. The normalized spacial score (nSPS) is 17.8. The number of nitrogens with one attached hydrogen (secondary N) is 3. The van der Waals surface area contributed by atoms with Gasteiger partial charge in [0, 0.05) is 3.57 Å². The average molecular weight is 785 g/mol. The van der Waals surface area contributed by atoms with Crippen molar-refractivity contribution in [3.63, 3.8) is 0 Å². The maximum atomic E-state index is 13.2. The molecule has 0 unspecified atom stereocenters. The molecule has 3 amide bonds. The van der Waals surface area contributed by atoms with Crippen molar-refractivity contribution in [3.05, 3.63) is 21.8 Å². The third-order valence-electron chi connectivity index (χ3n) is 3.47. The van der Waals surface area contributed by atoms with Gasteiger partial charge in [-0.1, -0.05) is 0 Å². The van der Waals surface area contributed by atoms with Crippen LogP contribution >= 0.6 is 67.8 Å². The molecule has 1 aromatic rings. The van der Waals surface area contributed by atoms with Gasteiger partial charge in [0.2, 0.25) is 0 Å². The predicted molar refractivity (Wildman–Crippen MR) is 136 cm³/mol. The molecule has 1 aromatic carbocycles. The van der Waals surface area contributed by atoms with Gasteiger partial charge in [0.05, 0.1) is 73.2 Å². The van der Waals surface area contributed by atoms with Gasteiger partial charge in [-0.05, 0) is 74.7 Å². The number of aliphatic hydroxyl groups excluding tert-OH is 1. The molecular formula is C17H22I3N3O8. The minimum Gasteiger partial charge on any atom is -0.394 e.